The summed E-state index contributed by atoms with van der Waals surface area (Å²) in [5.74, 6) is 0.808. The van der Waals surface area contributed by atoms with Crippen molar-refractivity contribution in [3.05, 3.63) is 35.9 Å². The first-order valence-electron chi connectivity index (χ1n) is 8.26. The number of nitrogens with one attached hydrogen (secondary N) is 1. The van der Waals surface area contributed by atoms with Crippen LogP contribution in [0.15, 0.2) is 30.3 Å². The first-order chi connectivity index (χ1) is 9.76. The van der Waals surface area contributed by atoms with Gasteiger partial charge in [0.1, 0.15) is 0 Å². The quantitative estimate of drug-likeness (QED) is 0.692. The van der Waals surface area contributed by atoms with Gasteiger partial charge in [0.2, 0.25) is 0 Å². The smallest absolute Gasteiger partial charge is 0.0472 e. The molecule has 1 rings (SSSR count). The van der Waals surface area contributed by atoms with Crippen molar-refractivity contribution in [3.8, 4) is 0 Å². The maximum absolute atomic E-state index is 3.69. The fraction of sp³-hybridized carbons (Fsp3) is 0.667. The van der Waals surface area contributed by atoms with Crippen LogP contribution in [0.4, 0.5) is 0 Å². The van der Waals surface area contributed by atoms with Gasteiger partial charge in [-0.3, -0.25) is 4.90 Å². The summed E-state index contributed by atoms with van der Waals surface area (Å²) in [5.41, 5.74) is 1.42. The van der Waals surface area contributed by atoms with Crippen LogP contribution in [-0.4, -0.2) is 31.1 Å². The average Bonchev–Trinajstić information content (AvgIpc) is 2.51. The van der Waals surface area contributed by atoms with Gasteiger partial charge in [0.15, 0.2) is 0 Å². The summed E-state index contributed by atoms with van der Waals surface area (Å²) in [6.07, 6.45) is 2.54. The number of nitrogens with zero attached hydrogens (tertiary/aromatic N) is 1. The third kappa shape index (κ3) is 5.26. The van der Waals surface area contributed by atoms with Crippen LogP contribution in [0.1, 0.15) is 52.1 Å². The van der Waals surface area contributed by atoms with Crippen molar-refractivity contribution in [2.75, 3.05) is 26.2 Å². The number of likely N-dealkylation sites (N-methyl/N-ethyl adjacent to an activating group) is 1. The van der Waals surface area contributed by atoms with Gasteiger partial charge >= 0.3 is 0 Å². The summed E-state index contributed by atoms with van der Waals surface area (Å²) in [7, 11) is 0. The van der Waals surface area contributed by atoms with Gasteiger partial charge in [-0.2, -0.15) is 0 Å². The summed E-state index contributed by atoms with van der Waals surface area (Å²) >= 11 is 0. The molecule has 0 aliphatic heterocycles. The SMILES string of the molecule is CCC(CC)CNCC(c1ccccc1)N(CC)CC. The van der Waals surface area contributed by atoms with Gasteiger partial charge in [0.05, 0.1) is 0 Å². The summed E-state index contributed by atoms with van der Waals surface area (Å²) in [5, 5.41) is 3.69. The Bertz CT molecular complexity index is 329. The normalized spacial score (nSPS) is 13.1. The molecular formula is C18H32N2. The Kier molecular flexibility index (Phi) is 8.56. The van der Waals surface area contributed by atoms with Gasteiger partial charge < -0.3 is 5.32 Å². The number of benzene rings is 1. The molecule has 0 aliphatic rings. The van der Waals surface area contributed by atoms with E-state index in [2.05, 4.69) is 68.2 Å². The lowest BCUT2D eigenvalue weighted by Gasteiger charge is -2.31. The van der Waals surface area contributed by atoms with Crippen molar-refractivity contribution >= 4 is 0 Å². The van der Waals surface area contributed by atoms with Crippen molar-refractivity contribution in [1.82, 2.24) is 10.2 Å². The Balaban J connectivity index is 2.64. The number of rotatable bonds is 10. The van der Waals surface area contributed by atoms with E-state index in [1.165, 1.54) is 18.4 Å². The fourth-order valence-corrected chi connectivity index (χ4v) is 2.80. The largest absolute Gasteiger partial charge is 0.315 e. The topological polar surface area (TPSA) is 15.3 Å². The van der Waals surface area contributed by atoms with Crippen molar-refractivity contribution in [1.29, 1.82) is 0 Å². The molecule has 0 aliphatic carbocycles. The van der Waals surface area contributed by atoms with Crippen molar-refractivity contribution in [2.45, 2.75) is 46.6 Å². The molecule has 1 unspecified atom stereocenters. The van der Waals surface area contributed by atoms with E-state index in [0.29, 0.717) is 6.04 Å². The van der Waals surface area contributed by atoms with Crippen LogP contribution < -0.4 is 5.32 Å². The Morgan fingerprint density at radius 1 is 0.900 bits per heavy atom. The van der Waals surface area contributed by atoms with Crippen LogP contribution in [0.25, 0.3) is 0 Å². The molecular weight excluding hydrogens is 244 g/mol. The lowest BCUT2D eigenvalue weighted by molar-refractivity contribution is 0.210. The summed E-state index contributed by atoms with van der Waals surface area (Å²) in [6.45, 7) is 13.5. The van der Waals surface area contributed by atoms with Crippen LogP contribution in [0, 0.1) is 5.92 Å². The highest BCUT2D eigenvalue weighted by Crippen LogP contribution is 2.19. The van der Waals surface area contributed by atoms with Gasteiger partial charge in [0.25, 0.3) is 0 Å². The first-order valence-corrected chi connectivity index (χ1v) is 8.26. The van der Waals surface area contributed by atoms with E-state index in [9.17, 15) is 0 Å². The molecule has 20 heavy (non-hydrogen) atoms. The molecule has 0 fully saturated rings. The van der Waals surface area contributed by atoms with Crippen molar-refractivity contribution in [3.63, 3.8) is 0 Å². The van der Waals surface area contributed by atoms with Gasteiger partial charge in [0, 0.05) is 12.6 Å². The highest BCUT2D eigenvalue weighted by Gasteiger charge is 2.17. The number of hydrogen-bond acceptors (Lipinski definition) is 2. The molecule has 0 saturated heterocycles. The van der Waals surface area contributed by atoms with Crippen LogP contribution in [-0.2, 0) is 0 Å². The van der Waals surface area contributed by atoms with Gasteiger partial charge in [-0.1, -0.05) is 70.9 Å². The molecule has 1 N–H and O–H groups in total. The van der Waals surface area contributed by atoms with Crippen LogP contribution >= 0.6 is 0 Å². The highest BCUT2D eigenvalue weighted by atomic mass is 15.2. The zero-order chi connectivity index (χ0) is 14.8. The van der Waals surface area contributed by atoms with E-state index >= 15 is 0 Å². The number of hydrogen-bond donors (Lipinski definition) is 1. The average molecular weight is 276 g/mol. The van der Waals surface area contributed by atoms with Crippen LogP contribution in [0.3, 0.4) is 0 Å². The molecule has 0 radical (unpaired) electrons. The predicted molar refractivity (Wildman–Crippen MR) is 89.0 cm³/mol. The molecule has 0 spiro atoms. The van der Waals surface area contributed by atoms with E-state index in [1.54, 1.807) is 0 Å². The third-order valence-corrected chi connectivity index (χ3v) is 4.36. The minimum Gasteiger partial charge on any atom is -0.315 e. The molecule has 0 bridgehead atoms. The molecule has 1 aromatic rings. The van der Waals surface area contributed by atoms with E-state index in [4.69, 9.17) is 0 Å². The Hall–Kier alpha value is -0.860. The maximum Gasteiger partial charge on any atom is 0.0472 e. The molecule has 2 heteroatoms. The van der Waals surface area contributed by atoms with Crippen molar-refractivity contribution < 1.29 is 0 Å². The lowest BCUT2D eigenvalue weighted by Crippen LogP contribution is -2.37. The molecule has 1 atom stereocenters. The van der Waals surface area contributed by atoms with Crippen LogP contribution in [0.5, 0.6) is 0 Å². The molecule has 2 nitrogen and oxygen atoms in total. The van der Waals surface area contributed by atoms with E-state index in [0.717, 1.165) is 32.1 Å². The van der Waals surface area contributed by atoms with E-state index in [1.807, 2.05) is 0 Å². The van der Waals surface area contributed by atoms with Gasteiger partial charge in [-0.05, 0) is 31.1 Å². The Morgan fingerprint density at radius 2 is 1.50 bits per heavy atom. The summed E-state index contributed by atoms with van der Waals surface area (Å²) < 4.78 is 0. The highest BCUT2D eigenvalue weighted by molar-refractivity contribution is 5.19. The van der Waals surface area contributed by atoms with Gasteiger partial charge in [-0.25, -0.2) is 0 Å². The monoisotopic (exact) mass is 276 g/mol. The molecule has 114 valence electrons. The second-order valence-corrected chi connectivity index (χ2v) is 5.49. The third-order valence-electron chi connectivity index (χ3n) is 4.36. The minimum atomic E-state index is 0.487. The second kappa shape index (κ2) is 9.95. The minimum absolute atomic E-state index is 0.487. The van der Waals surface area contributed by atoms with Gasteiger partial charge in [-0.15, -0.1) is 0 Å². The molecule has 0 aromatic heterocycles. The van der Waals surface area contributed by atoms with Crippen LogP contribution in [0.2, 0.25) is 0 Å². The molecule has 0 heterocycles. The standard InChI is InChI=1S/C18H32N2/c1-5-16(6-2)14-19-15-18(20(7-3)8-4)17-12-10-9-11-13-17/h9-13,16,18-19H,5-8,14-15H2,1-4H3. The molecule has 0 saturated carbocycles. The zero-order valence-corrected chi connectivity index (χ0v) is 13.7. The molecule has 1 aromatic carbocycles. The maximum atomic E-state index is 3.69. The summed E-state index contributed by atoms with van der Waals surface area (Å²) in [6, 6.07) is 11.4. The lowest BCUT2D eigenvalue weighted by atomic mass is 10.0. The predicted octanol–water partition coefficient (Wildman–Crippen LogP) is 4.10. The Morgan fingerprint density at radius 3 is 2.00 bits per heavy atom. The summed E-state index contributed by atoms with van der Waals surface area (Å²) in [4.78, 5) is 2.54. The van der Waals surface area contributed by atoms with E-state index in [-0.39, 0.29) is 0 Å². The fourth-order valence-electron chi connectivity index (χ4n) is 2.80. The zero-order valence-electron chi connectivity index (χ0n) is 13.7. The first kappa shape index (κ1) is 17.2. The van der Waals surface area contributed by atoms with Crippen molar-refractivity contribution in [2.24, 2.45) is 5.92 Å². The Labute approximate surface area is 125 Å². The molecule has 0 amide bonds. The van der Waals surface area contributed by atoms with E-state index < -0.39 is 0 Å². The second-order valence-electron chi connectivity index (χ2n) is 5.49.